The first-order valence-electron chi connectivity index (χ1n) is 6.66. The van der Waals surface area contributed by atoms with E-state index in [9.17, 15) is 4.79 Å². The summed E-state index contributed by atoms with van der Waals surface area (Å²) < 4.78 is 5.37. The Labute approximate surface area is 119 Å². The lowest BCUT2D eigenvalue weighted by molar-refractivity contribution is -0.118. The minimum atomic E-state index is 0.259. The maximum atomic E-state index is 11.3. The molecule has 1 unspecified atom stereocenters. The van der Waals surface area contributed by atoms with E-state index < -0.39 is 0 Å². The van der Waals surface area contributed by atoms with Gasteiger partial charge in [-0.05, 0) is 44.5 Å². The molecule has 1 saturated heterocycles. The van der Waals surface area contributed by atoms with Gasteiger partial charge in [0, 0.05) is 29.6 Å². The number of hydrogen-bond acceptors (Lipinski definition) is 3. The summed E-state index contributed by atoms with van der Waals surface area (Å²) in [4.78, 5) is 13.7. The third kappa shape index (κ3) is 3.71. The largest absolute Gasteiger partial charge is 0.496 e. The Morgan fingerprint density at radius 1 is 1.53 bits per heavy atom. The molecule has 3 nitrogen and oxygen atoms in total. The van der Waals surface area contributed by atoms with Gasteiger partial charge < -0.3 is 4.74 Å². The van der Waals surface area contributed by atoms with E-state index in [2.05, 4.69) is 4.90 Å². The molecule has 1 aromatic carbocycles. The van der Waals surface area contributed by atoms with Crippen molar-refractivity contribution in [2.75, 3.05) is 13.7 Å². The zero-order valence-corrected chi connectivity index (χ0v) is 12.2. The number of carbonyl (C=O) groups excluding carboxylic acids is 1. The van der Waals surface area contributed by atoms with Gasteiger partial charge in [0.25, 0.3) is 0 Å². The molecule has 0 amide bonds. The van der Waals surface area contributed by atoms with Crippen LogP contribution in [0.25, 0.3) is 0 Å². The average Bonchev–Trinajstić information content (AvgIpc) is 2.76. The molecule has 1 aromatic rings. The summed E-state index contributed by atoms with van der Waals surface area (Å²) in [6, 6.07) is 6.04. The Morgan fingerprint density at radius 3 is 3.00 bits per heavy atom. The van der Waals surface area contributed by atoms with Gasteiger partial charge in [-0.3, -0.25) is 9.69 Å². The number of methoxy groups -OCH3 is 1. The normalized spacial score (nSPS) is 19.6. The van der Waals surface area contributed by atoms with Crippen molar-refractivity contribution in [2.24, 2.45) is 0 Å². The number of likely N-dealkylation sites (tertiary alicyclic amines) is 1. The fraction of sp³-hybridized carbons (Fsp3) is 0.533. The van der Waals surface area contributed by atoms with Gasteiger partial charge in [0.05, 0.1) is 7.11 Å². The van der Waals surface area contributed by atoms with Crippen molar-refractivity contribution >= 4 is 17.4 Å². The Balaban J connectivity index is 2.11. The van der Waals surface area contributed by atoms with Crippen LogP contribution in [-0.4, -0.2) is 30.4 Å². The lowest BCUT2D eigenvalue weighted by atomic mass is 10.1. The van der Waals surface area contributed by atoms with Crippen LogP contribution in [0.15, 0.2) is 18.2 Å². The summed E-state index contributed by atoms with van der Waals surface area (Å²) in [7, 11) is 1.67. The molecule has 0 aromatic heterocycles. The third-order valence-corrected chi connectivity index (χ3v) is 3.87. The monoisotopic (exact) mass is 281 g/mol. The van der Waals surface area contributed by atoms with Crippen LogP contribution in [0, 0.1) is 0 Å². The molecule has 1 aliphatic rings. The zero-order chi connectivity index (χ0) is 13.8. The standard InChI is InChI=1S/C15H20ClNO2/c1-11(18)8-14-4-3-7-17(14)10-12-9-13(16)5-6-15(12)19-2/h5-6,9,14H,3-4,7-8,10H2,1-2H3. The fourth-order valence-corrected chi connectivity index (χ4v) is 2.95. The summed E-state index contributed by atoms with van der Waals surface area (Å²) in [6.45, 7) is 3.49. The van der Waals surface area contributed by atoms with Gasteiger partial charge in [-0.2, -0.15) is 0 Å². The number of ether oxygens (including phenoxy) is 1. The van der Waals surface area contributed by atoms with Gasteiger partial charge in [0.1, 0.15) is 11.5 Å². The maximum absolute atomic E-state index is 11.3. The minimum Gasteiger partial charge on any atom is -0.496 e. The van der Waals surface area contributed by atoms with E-state index in [1.54, 1.807) is 14.0 Å². The lowest BCUT2D eigenvalue weighted by Crippen LogP contribution is -2.30. The van der Waals surface area contributed by atoms with Crippen molar-refractivity contribution in [1.82, 2.24) is 4.90 Å². The van der Waals surface area contributed by atoms with Crippen molar-refractivity contribution in [3.63, 3.8) is 0 Å². The number of halogens is 1. The van der Waals surface area contributed by atoms with Crippen molar-refractivity contribution in [2.45, 2.75) is 38.8 Å². The van der Waals surface area contributed by atoms with Gasteiger partial charge in [-0.15, -0.1) is 0 Å². The highest BCUT2D eigenvalue weighted by molar-refractivity contribution is 6.30. The summed E-state index contributed by atoms with van der Waals surface area (Å²) >= 11 is 6.05. The molecule has 0 N–H and O–H groups in total. The van der Waals surface area contributed by atoms with Crippen molar-refractivity contribution in [3.05, 3.63) is 28.8 Å². The molecule has 0 bridgehead atoms. The first kappa shape index (κ1) is 14.4. The second-order valence-corrected chi connectivity index (χ2v) is 5.57. The second kappa shape index (κ2) is 6.40. The van der Waals surface area contributed by atoms with E-state index in [4.69, 9.17) is 16.3 Å². The Kier molecular flexibility index (Phi) is 4.83. The Morgan fingerprint density at radius 2 is 2.32 bits per heavy atom. The number of rotatable bonds is 5. The van der Waals surface area contributed by atoms with Crippen LogP contribution in [-0.2, 0) is 11.3 Å². The SMILES string of the molecule is COc1ccc(Cl)cc1CN1CCCC1CC(C)=O. The molecular formula is C15H20ClNO2. The van der Waals surface area contributed by atoms with E-state index in [1.807, 2.05) is 18.2 Å². The zero-order valence-electron chi connectivity index (χ0n) is 11.5. The van der Waals surface area contributed by atoms with Crippen LogP contribution in [0.5, 0.6) is 5.75 Å². The van der Waals surface area contributed by atoms with Crippen LogP contribution in [0.3, 0.4) is 0 Å². The molecule has 2 rings (SSSR count). The first-order chi connectivity index (χ1) is 9.10. The lowest BCUT2D eigenvalue weighted by Gasteiger charge is -2.24. The minimum absolute atomic E-state index is 0.259. The molecule has 0 aliphatic carbocycles. The molecular weight excluding hydrogens is 262 g/mol. The van der Waals surface area contributed by atoms with Crippen LogP contribution in [0.2, 0.25) is 5.02 Å². The molecule has 0 spiro atoms. The van der Waals surface area contributed by atoms with E-state index in [0.717, 1.165) is 42.3 Å². The summed E-state index contributed by atoms with van der Waals surface area (Å²) in [5.41, 5.74) is 1.09. The van der Waals surface area contributed by atoms with Crippen molar-refractivity contribution in [3.8, 4) is 5.75 Å². The number of ketones is 1. The van der Waals surface area contributed by atoms with Crippen LogP contribution in [0.4, 0.5) is 0 Å². The number of carbonyl (C=O) groups is 1. The number of Topliss-reactive ketones (excluding diaryl/α,β-unsaturated/α-hetero) is 1. The van der Waals surface area contributed by atoms with Crippen LogP contribution >= 0.6 is 11.6 Å². The van der Waals surface area contributed by atoms with Gasteiger partial charge in [0.2, 0.25) is 0 Å². The molecule has 1 aliphatic heterocycles. The molecule has 1 heterocycles. The average molecular weight is 282 g/mol. The van der Waals surface area contributed by atoms with Gasteiger partial charge in [-0.25, -0.2) is 0 Å². The van der Waals surface area contributed by atoms with Gasteiger partial charge in [0.15, 0.2) is 0 Å². The molecule has 19 heavy (non-hydrogen) atoms. The Hall–Kier alpha value is -1.06. The molecule has 104 valence electrons. The quantitative estimate of drug-likeness (QED) is 0.829. The highest BCUT2D eigenvalue weighted by Gasteiger charge is 2.26. The molecule has 4 heteroatoms. The number of nitrogens with zero attached hydrogens (tertiary/aromatic N) is 1. The fourth-order valence-electron chi connectivity index (χ4n) is 2.76. The number of hydrogen-bond donors (Lipinski definition) is 0. The van der Waals surface area contributed by atoms with Gasteiger partial charge in [-0.1, -0.05) is 11.6 Å². The highest BCUT2D eigenvalue weighted by atomic mass is 35.5. The molecule has 0 saturated carbocycles. The smallest absolute Gasteiger partial charge is 0.131 e. The van der Waals surface area contributed by atoms with Crippen LogP contribution < -0.4 is 4.74 Å². The van der Waals surface area contributed by atoms with E-state index in [-0.39, 0.29) is 5.78 Å². The molecule has 1 fully saturated rings. The van der Waals surface area contributed by atoms with E-state index in [1.165, 1.54) is 0 Å². The van der Waals surface area contributed by atoms with Crippen molar-refractivity contribution in [1.29, 1.82) is 0 Å². The second-order valence-electron chi connectivity index (χ2n) is 5.13. The van der Waals surface area contributed by atoms with Gasteiger partial charge >= 0.3 is 0 Å². The summed E-state index contributed by atoms with van der Waals surface area (Å²) in [5, 5.41) is 0.720. The number of benzene rings is 1. The van der Waals surface area contributed by atoms with Crippen LogP contribution in [0.1, 0.15) is 31.7 Å². The van der Waals surface area contributed by atoms with E-state index >= 15 is 0 Å². The topological polar surface area (TPSA) is 29.5 Å². The molecule has 0 radical (unpaired) electrons. The predicted molar refractivity (Wildman–Crippen MR) is 76.7 cm³/mol. The maximum Gasteiger partial charge on any atom is 0.131 e. The van der Waals surface area contributed by atoms with E-state index in [0.29, 0.717) is 12.5 Å². The summed E-state index contributed by atoms with van der Waals surface area (Å²) in [6.07, 6.45) is 2.90. The highest BCUT2D eigenvalue weighted by Crippen LogP contribution is 2.28. The third-order valence-electron chi connectivity index (χ3n) is 3.64. The Bertz CT molecular complexity index is 461. The first-order valence-corrected chi connectivity index (χ1v) is 7.04. The van der Waals surface area contributed by atoms with Crippen molar-refractivity contribution < 1.29 is 9.53 Å². The molecule has 1 atom stereocenters. The summed E-state index contributed by atoms with van der Waals surface area (Å²) in [5.74, 6) is 1.12. The predicted octanol–water partition coefficient (Wildman–Crippen LogP) is 3.29.